The molecule has 6 heteroatoms. The van der Waals surface area contributed by atoms with Crippen molar-refractivity contribution in [1.82, 2.24) is 9.97 Å². The third-order valence-corrected chi connectivity index (χ3v) is 3.69. The number of nitrogens with one attached hydrogen (secondary N) is 1. The summed E-state index contributed by atoms with van der Waals surface area (Å²) < 4.78 is 13.3. The van der Waals surface area contributed by atoms with Crippen molar-refractivity contribution in [3.8, 4) is 17.3 Å². The third-order valence-electron chi connectivity index (χ3n) is 3.40. The molecule has 4 nitrogen and oxygen atoms in total. The molecule has 0 saturated heterocycles. The number of halogens is 2. The van der Waals surface area contributed by atoms with Crippen LogP contribution in [0.2, 0.25) is 5.02 Å². The van der Waals surface area contributed by atoms with E-state index in [1.807, 2.05) is 0 Å². The van der Waals surface area contributed by atoms with Crippen LogP contribution in [0.25, 0.3) is 11.3 Å². The zero-order chi connectivity index (χ0) is 16.9. The topological polar surface area (TPSA) is 61.6 Å². The Bertz CT molecular complexity index is 907. The summed E-state index contributed by atoms with van der Waals surface area (Å²) in [5.41, 5.74) is 2.43. The second-order valence-electron chi connectivity index (χ2n) is 5.05. The van der Waals surface area contributed by atoms with Crippen LogP contribution < -0.4 is 5.32 Å². The van der Waals surface area contributed by atoms with Gasteiger partial charge in [0.25, 0.3) is 0 Å². The lowest BCUT2D eigenvalue weighted by Gasteiger charge is -2.11. The summed E-state index contributed by atoms with van der Waals surface area (Å²) in [6.07, 6.45) is 3.29. The van der Waals surface area contributed by atoms with Gasteiger partial charge in [-0.1, -0.05) is 23.7 Å². The van der Waals surface area contributed by atoms with E-state index in [-0.39, 0.29) is 5.82 Å². The summed E-state index contributed by atoms with van der Waals surface area (Å²) >= 11 is 6.24. The fraction of sp³-hybridized carbons (Fsp3) is 0.0556. The van der Waals surface area contributed by atoms with E-state index in [0.29, 0.717) is 28.6 Å². The van der Waals surface area contributed by atoms with Crippen molar-refractivity contribution in [2.75, 3.05) is 5.32 Å². The number of rotatable bonds is 4. The predicted molar refractivity (Wildman–Crippen MR) is 90.9 cm³/mol. The molecule has 0 aliphatic carbocycles. The fourth-order valence-electron chi connectivity index (χ4n) is 2.25. The van der Waals surface area contributed by atoms with Crippen molar-refractivity contribution < 1.29 is 4.39 Å². The van der Waals surface area contributed by atoms with Crippen molar-refractivity contribution in [2.24, 2.45) is 0 Å². The Kier molecular flexibility index (Phi) is 4.69. The molecule has 0 fully saturated rings. The standard InChI is InChI=1S/C18H12ClFN4/c19-16-9-14(10-21)18(23-11-12-2-1-3-15(20)8-12)24-17(16)13-4-6-22-7-5-13/h1-9H,11H2,(H,23,24). The highest BCUT2D eigenvalue weighted by molar-refractivity contribution is 6.33. The van der Waals surface area contributed by atoms with E-state index in [4.69, 9.17) is 11.6 Å². The number of hydrogen-bond donors (Lipinski definition) is 1. The van der Waals surface area contributed by atoms with Gasteiger partial charge in [0.1, 0.15) is 17.7 Å². The van der Waals surface area contributed by atoms with Crippen molar-refractivity contribution >= 4 is 17.4 Å². The first-order valence-electron chi connectivity index (χ1n) is 7.17. The Balaban J connectivity index is 1.93. The van der Waals surface area contributed by atoms with E-state index < -0.39 is 0 Å². The number of anilines is 1. The molecule has 2 heterocycles. The number of aromatic nitrogens is 2. The highest BCUT2D eigenvalue weighted by Crippen LogP contribution is 2.29. The van der Waals surface area contributed by atoms with Crippen LogP contribution in [0.5, 0.6) is 0 Å². The normalized spacial score (nSPS) is 10.2. The third kappa shape index (κ3) is 3.50. The first-order chi connectivity index (χ1) is 11.7. The van der Waals surface area contributed by atoms with Crippen LogP contribution in [-0.4, -0.2) is 9.97 Å². The summed E-state index contributed by atoms with van der Waals surface area (Å²) in [5, 5.41) is 12.7. The van der Waals surface area contributed by atoms with Crippen LogP contribution >= 0.6 is 11.6 Å². The van der Waals surface area contributed by atoms with Crippen LogP contribution in [0.4, 0.5) is 10.2 Å². The Hall–Kier alpha value is -2.97. The maximum absolute atomic E-state index is 13.3. The van der Waals surface area contributed by atoms with Gasteiger partial charge in [-0.05, 0) is 35.9 Å². The van der Waals surface area contributed by atoms with Gasteiger partial charge in [-0.25, -0.2) is 9.37 Å². The van der Waals surface area contributed by atoms with Gasteiger partial charge in [0.15, 0.2) is 0 Å². The van der Waals surface area contributed by atoms with Crippen LogP contribution in [0.15, 0.2) is 54.9 Å². The lowest BCUT2D eigenvalue weighted by Crippen LogP contribution is -2.05. The fourth-order valence-corrected chi connectivity index (χ4v) is 2.51. The molecule has 0 bridgehead atoms. The quantitative estimate of drug-likeness (QED) is 0.765. The molecule has 0 spiro atoms. The minimum absolute atomic E-state index is 0.309. The van der Waals surface area contributed by atoms with E-state index in [1.54, 1.807) is 42.7 Å². The molecule has 24 heavy (non-hydrogen) atoms. The predicted octanol–water partition coefficient (Wildman–Crippen LogP) is 4.42. The second-order valence-corrected chi connectivity index (χ2v) is 5.45. The lowest BCUT2D eigenvalue weighted by atomic mass is 10.1. The van der Waals surface area contributed by atoms with Gasteiger partial charge in [-0.15, -0.1) is 0 Å². The molecule has 1 aromatic carbocycles. The molecule has 0 aliphatic heterocycles. The van der Waals surface area contributed by atoms with Gasteiger partial charge in [-0.3, -0.25) is 4.98 Å². The van der Waals surface area contributed by atoms with Gasteiger partial charge < -0.3 is 5.32 Å². The Morgan fingerprint density at radius 1 is 1.17 bits per heavy atom. The molecular formula is C18H12ClFN4. The first-order valence-corrected chi connectivity index (χ1v) is 7.54. The van der Waals surface area contributed by atoms with E-state index in [0.717, 1.165) is 11.1 Å². The molecule has 0 atom stereocenters. The SMILES string of the molecule is N#Cc1cc(Cl)c(-c2ccncc2)nc1NCc1cccc(F)c1. The van der Waals surface area contributed by atoms with E-state index >= 15 is 0 Å². The molecule has 0 unspecified atom stereocenters. The molecule has 0 aliphatic rings. The number of hydrogen-bond acceptors (Lipinski definition) is 4. The van der Waals surface area contributed by atoms with Crippen molar-refractivity contribution in [3.05, 3.63) is 76.8 Å². The summed E-state index contributed by atoms with van der Waals surface area (Å²) in [5.74, 6) is 0.0920. The first kappa shape index (κ1) is 15.9. The van der Waals surface area contributed by atoms with Crippen molar-refractivity contribution in [1.29, 1.82) is 5.26 Å². The molecule has 2 aromatic heterocycles. The second kappa shape index (κ2) is 7.07. The number of nitriles is 1. The van der Waals surface area contributed by atoms with Gasteiger partial charge in [-0.2, -0.15) is 5.26 Å². The van der Waals surface area contributed by atoms with Gasteiger partial charge >= 0.3 is 0 Å². The maximum atomic E-state index is 13.3. The Labute approximate surface area is 143 Å². The summed E-state index contributed by atoms with van der Waals surface area (Å²) in [6, 6.07) is 13.4. The minimum Gasteiger partial charge on any atom is -0.365 e. The zero-order valence-electron chi connectivity index (χ0n) is 12.5. The average Bonchev–Trinajstić information content (AvgIpc) is 2.61. The highest BCUT2D eigenvalue weighted by Gasteiger charge is 2.12. The van der Waals surface area contributed by atoms with Crippen LogP contribution in [0.3, 0.4) is 0 Å². The zero-order valence-corrected chi connectivity index (χ0v) is 13.3. The summed E-state index contributed by atoms with van der Waals surface area (Å²) in [7, 11) is 0. The number of nitrogens with zero attached hydrogens (tertiary/aromatic N) is 3. The molecule has 118 valence electrons. The van der Waals surface area contributed by atoms with Crippen LogP contribution in [0, 0.1) is 17.1 Å². The molecule has 3 aromatic rings. The monoisotopic (exact) mass is 338 g/mol. The van der Waals surface area contributed by atoms with Gasteiger partial charge in [0, 0.05) is 24.5 Å². The smallest absolute Gasteiger partial charge is 0.145 e. The largest absolute Gasteiger partial charge is 0.365 e. The van der Waals surface area contributed by atoms with Gasteiger partial charge in [0.2, 0.25) is 0 Å². The maximum Gasteiger partial charge on any atom is 0.145 e. The van der Waals surface area contributed by atoms with Crippen LogP contribution in [-0.2, 0) is 6.54 Å². The van der Waals surface area contributed by atoms with E-state index in [2.05, 4.69) is 21.4 Å². The number of pyridine rings is 2. The minimum atomic E-state index is -0.309. The molecule has 1 N–H and O–H groups in total. The molecule has 0 saturated carbocycles. The van der Waals surface area contributed by atoms with Crippen LogP contribution in [0.1, 0.15) is 11.1 Å². The van der Waals surface area contributed by atoms with Crippen molar-refractivity contribution in [2.45, 2.75) is 6.54 Å². The molecule has 0 radical (unpaired) electrons. The van der Waals surface area contributed by atoms with Gasteiger partial charge in [0.05, 0.1) is 16.3 Å². The molecular weight excluding hydrogens is 327 g/mol. The number of benzene rings is 1. The summed E-state index contributed by atoms with van der Waals surface area (Å²) in [6.45, 7) is 0.344. The van der Waals surface area contributed by atoms with Crippen molar-refractivity contribution in [3.63, 3.8) is 0 Å². The Morgan fingerprint density at radius 2 is 1.96 bits per heavy atom. The Morgan fingerprint density at radius 3 is 2.67 bits per heavy atom. The molecule has 0 amide bonds. The molecule has 3 rings (SSSR count). The average molecular weight is 339 g/mol. The highest BCUT2D eigenvalue weighted by atomic mass is 35.5. The van der Waals surface area contributed by atoms with E-state index in [1.165, 1.54) is 12.1 Å². The van der Waals surface area contributed by atoms with E-state index in [9.17, 15) is 9.65 Å². The lowest BCUT2D eigenvalue weighted by molar-refractivity contribution is 0.626. The summed E-state index contributed by atoms with van der Waals surface area (Å²) in [4.78, 5) is 8.43.